The first-order valence-electron chi connectivity index (χ1n) is 12.3. The van der Waals surface area contributed by atoms with E-state index in [1.54, 1.807) is 25.6 Å². The van der Waals surface area contributed by atoms with Gasteiger partial charge in [0.25, 0.3) is 0 Å². The number of fused-ring (bicyclic) bond motifs is 1. The summed E-state index contributed by atoms with van der Waals surface area (Å²) in [6, 6.07) is 9.17. The Morgan fingerprint density at radius 3 is 2.70 bits per heavy atom. The minimum Gasteiger partial charge on any atom is -0.493 e. The highest BCUT2D eigenvalue weighted by molar-refractivity contribution is 7.09. The smallest absolute Gasteiger partial charge is 0.319 e. The Morgan fingerprint density at radius 2 is 1.97 bits per heavy atom. The van der Waals surface area contributed by atoms with Crippen LogP contribution in [0.15, 0.2) is 48.0 Å². The Morgan fingerprint density at radius 1 is 1.14 bits per heavy atom. The zero-order valence-electron chi connectivity index (χ0n) is 20.8. The number of hydrogen-bond acceptors (Lipinski definition) is 6. The molecule has 1 aliphatic carbocycles. The molecule has 5 rings (SSSR count). The van der Waals surface area contributed by atoms with Crippen LogP contribution in [-0.4, -0.2) is 48.8 Å². The van der Waals surface area contributed by atoms with Crippen molar-refractivity contribution in [1.82, 2.24) is 15.2 Å². The molecule has 2 aliphatic rings. The van der Waals surface area contributed by atoms with E-state index in [4.69, 9.17) is 9.47 Å². The molecule has 2 amide bonds. The van der Waals surface area contributed by atoms with E-state index in [1.165, 1.54) is 11.6 Å². The molecule has 3 aromatic rings. The van der Waals surface area contributed by atoms with E-state index in [0.717, 1.165) is 55.9 Å². The number of ether oxygens (including phenoxy) is 2. The number of amides is 2. The molecule has 2 heterocycles. The lowest BCUT2D eigenvalue weighted by atomic mass is 9.65. The Bertz CT molecular complexity index is 1260. The van der Waals surface area contributed by atoms with Gasteiger partial charge in [-0.25, -0.2) is 18.6 Å². The van der Waals surface area contributed by atoms with E-state index in [2.05, 4.69) is 32.7 Å². The van der Waals surface area contributed by atoms with Crippen LogP contribution in [0.3, 0.4) is 0 Å². The lowest BCUT2D eigenvalue weighted by molar-refractivity contribution is 0.131. The molecule has 2 N–H and O–H groups in total. The van der Waals surface area contributed by atoms with Gasteiger partial charge in [0.05, 0.1) is 20.8 Å². The number of hydrogen-bond donors (Lipinski definition) is 2. The van der Waals surface area contributed by atoms with Gasteiger partial charge in [-0.2, -0.15) is 0 Å². The summed E-state index contributed by atoms with van der Waals surface area (Å²) in [6.07, 6.45) is 5.25. The third kappa shape index (κ3) is 5.13. The van der Waals surface area contributed by atoms with Gasteiger partial charge in [0.15, 0.2) is 23.1 Å². The second kappa shape index (κ2) is 10.6. The molecular formula is C27H30F2N4O3S. The van der Waals surface area contributed by atoms with E-state index in [-0.39, 0.29) is 23.2 Å². The summed E-state index contributed by atoms with van der Waals surface area (Å²) in [5, 5.41) is 8.73. The van der Waals surface area contributed by atoms with Crippen molar-refractivity contribution in [2.45, 2.75) is 49.7 Å². The van der Waals surface area contributed by atoms with Crippen LogP contribution >= 0.6 is 11.3 Å². The first-order valence-corrected chi connectivity index (χ1v) is 13.2. The Balaban J connectivity index is 1.36. The number of anilines is 1. The molecule has 0 bridgehead atoms. The Labute approximate surface area is 218 Å². The van der Waals surface area contributed by atoms with Crippen LogP contribution in [0.5, 0.6) is 11.5 Å². The molecule has 196 valence electrons. The molecular weight excluding hydrogens is 498 g/mol. The average molecular weight is 529 g/mol. The lowest BCUT2D eigenvalue weighted by Crippen LogP contribution is -2.52. The molecule has 7 nitrogen and oxygen atoms in total. The van der Waals surface area contributed by atoms with Crippen LogP contribution in [0, 0.1) is 11.6 Å². The predicted octanol–water partition coefficient (Wildman–Crippen LogP) is 5.33. The molecule has 37 heavy (non-hydrogen) atoms. The largest absolute Gasteiger partial charge is 0.493 e. The Hall–Kier alpha value is -3.24. The zero-order chi connectivity index (χ0) is 26.0. The number of rotatable bonds is 7. The highest BCUT2D eigenvalue weighted by atomic mass is 32.1. The number of methoxy groups -OCH3 is 2. The lowest BCUT2D eigenvalue weighted by Gasteiger charge is -2.45. The maximum absolute atomic E-state index is 13.6. The van der Waals surface area contributed by atoms with Crippen LogP contribution in [0.4, 0.5) is 19.3 Å². The number of nitrogens with one attached hydrogen (secondary N) is 2. The highest BCUT2D eigenvalue weighted by Gasteiger charge is 2.51. The predicted molar refractivity (Wildman–Crippen MR) is 138 cm³/mol. The molecule has 2 aromatic carbocycles. The van der Waals surface area contributed by atoms with Crippen molar-refractivity contribution < 1.29 is 23.0 Å². The minimum absolute atomic E-state index is 0.0690. The maximum atomic E-state index is 13.6. The fourth-order valence-corrected chi connectivity index (χ4v) is 6.52. The molecule has 3 atom stereocenters. The van der Waals surface area contributed by atoms with E-state index in [0.29, 0.717) is 11.5 Å². The molecule has 1 aromatic heterocycles. The number of halogens is 2. The maximum Gasteiger partial charge on any atom is 0.319 e. The van der Waals surface area contributed by atoms with Crippen molar-refractivity contribution >= 4 is 23.1 Å². The number of likely N-dealkylation sites (tertiary alicyclic amines) is 1. The molecule has 2 fully saturated rings. The molecule has 10 heteroatoms. The summed E-state index contributed by atoms with van der Waals surface area (Å²) in [7, 11) is 3.28. The third-order valence-corrected chi connectivity index (χ3v) is 8.43. The van der Waals surface area contributed by atoms with Gasteiger partial charge in [0, 0.05) is 40.8 Å². The molecule has 1 saturated carbocycles. The summed E-state index contributed by atoms with van der Waals surface area (Å²) in [6.45, 7) is 1.68. The molecule has 1 aliphatic heterocycles. The number of urea groups is 1. The monoisotopic (exact) mass is 528 g/mol. The van der Waals surface area contributed by atoms with Crippen LogP contribution in [-0.2, 0) is 12.0 Å². The van der Waals surface area contributed by atoms with E-state index in [9.17, 15) is 13.6 Å². The van der Waals surface area contributed by atoms with Crippen molar-refractivity contribution in [3.63, 3.8) is 0 Å². The highest BCUT2D eigenvalue weighted by Crippen LogP contribution is 2.50. The van der Waals surface area contributed by atoms with E-state index in [1.807, 2.05) is 17.6 Å². The molecule has 0 radical (unpaired) electrons. The number of carbonyl (C=O) groups excluding carboxylic acids is 1. The van der Waals surface area contributed by atoms with Gasteiger partial charge in [-0.15, -0.1) is 11.3 Å². The fourth-order valence-electron chi connectivity index (χ4n) is 5.88. The van der Waals surface area contributed by atoms with Gasteiger partial charge in [-0.1, -0.05) is 6.07 Å². The molecule has 0 spiro atoms. The van der Waals surface area contributed by atoms with Gasteiger partial charge in [0.2, 0.25) is 0 Å². The minimum atomic E-state index is -1.00. The summed E-state index contributed by atoms with van der Waals surface area (Å²) < 4.78 is 37.9. The van der Waals surface area contributed by atoms with Gasteiger partial charge < -0.3 is 20.1 Å². The van der Waals surface area contributed by atoms with Crippen LogP contribution in [0.1, 0.15) is 36.3 Å². The van der Waals surface area contributed by atoms with Gasteiger partial charge in [-0.05, 0) is 62.1 Å². The molecule has 1 saturated heterocycles. The zero-order valence-corrected chi connectivity index (χ0v) is 21.6. The average Bonchev–Trinajstić information content (AvgIpc) is 3.55. The van der Waals surface area contributed by atoms with Crippen molar-refractivity contribution in [2.24, 2.45) is 0 Å². The van der Waals surface area contributed by atoms with Crippen LogP contribution in [0.2, 0.25) is 0 Å². The number of benzene rings is 2. The van der Waals surface area contributed by atoms with Gasteiger partial charge >= 0.3 is 6.03 Å². The van der Waals surface area contributed by atoms with Crippen molar-refractivity contribution in [3.05, 3.63) is 70.2 Å². The summed E-state index contributed by atoms with van der Waals surface area (Å²) in [5.74, 6) is -0.552. The summed E-state index contributed by atoms with van der Waals surface area (Å²) in [4.78, 5) is 19.7. The van der Waals surface area contributed by atoms with Crippen molar-refractivity contribution in [1.29, 1.82) is 0 Å². The SMILES string of the molecule is COc1ccc(C23CCC(NC(=O)Nc4ccc(F)c(F)c4)CC2N(Cc2nccs2)CC3)cc1OC. The number of thiazole rings is 1. The van der Waals surface area contributed by atoms with Crippen LogP contribution in [0.25, 0.3) is 0 Å². The van der Waals surface area contributed by atoms with Gasteiger partial charge in [-0.3, -0.25) is 4.90 Å². The van der Waals surface area contributed by atoms with Gasteiger partial charge in [0.1, 0.15) is 5.01 Å². The fraction of sp³-hybridized carbons (Fsp3) is 0.407. The van der Waals surface area contributed by atoms with Crippen LogP contribution < -0.4 is 20.1 Å². The van der Waals surface area contributed by atoms with E-state index < -0.39 is 17.7 Å². The Kier molecular flexibility index (Phi) is 7.30. The second-order valence-electron chi connectivity index (χ2n) is 9.59. The number of aromatic nitrogens is 1. The number of carbonyl (C=O) groups is 1. The first-order chi connectivity index (χ1) is 17.9. The van der Waals surface area contributed by atoms with E-state index >= 15 is 0 Å². The van der Waals surface area contributed by atoms with Crippen molar-refractivity contribution in [3.8, 4) is 11.5 Å². The van der Waals surface area contributed by atoms with Crippen molar-refractivity contribution in [2.75, 3.05) is 26.1 Å². The first kappa shape index (κ1) is 25.4. The topological polar surface area (TPSA) is 75.7 Å². The normalized spacial score (nSPS) is 23.4. The molecule has 3 unspecified atom stereocenters. The second-order valence-corrected chi connectivity index (χ2v) is 10.6. The summed E-state index contributed by atoms with van der Waals surface area (Å²) >= 11 is 1.64. The quantitative estimate of drug-likeness (QED) is 0.434. The summed E-state index contributed by atoms with van der Waals surface area (Å²) in [5.41, 5.74) is 1.32. The number of nitrogens with zero attached hydrogens (tertiary/aromatic N) is 2. The standard InChI is InChI=1S/C27H30F2N4O3S/c1-35-22-6-3-17(13-23(22)36-2)27-8-7-19(32-26(34)31-18-4-5-20(28)21(29)14-18)15-24(27)33(11-9-27)16-25-30-10-12-37-25/h3-6,10,12-14,19,24H,7-9,11,15-16H2,1-2H3,(H2,31,32,34). The third-order valence-electron chi connectivity index (χ3n) is 7.66.